The fourth-order valence-electron chi connectivity index (χ4n) is 3.53. The molecule has 0 bridgehead atoms. The van der Waals surface area contributed by atoms with Gasteiger partial charge in [-0.1, -0.05) is 17.7 Å². The smallest absolute Gasteiger partial charge is 0.224 e. The maximum atomic E-state index is 12.2. The van der Waals surface area contributed by atoms with Gasteiger partial charge in [-0.2, -0.15) is 0 Å². The third kappa shape index (κ3) is 4.57. The lowest BCUT2D eigenvalue weighted by Gasteiger charge is -2.32. The van der Waals surface area contributed by atoms with Gasteiger partial charge in [0, 0.05) is 37.8 Å². The van der Waals surface area contributed by atoms with Gasteiger partial charge in [0.15, 0.2) is 0 Å². The van der Waals surface area contributed by atoms with Gasteiger partial charge in [-0.3, -0.25) is 4.79 Å². The Balaban J connectivity index is 1.58. The highest BCUT2D eigenvalue weighted by atomic mass is 16.3. The van der Waals surface area contributed by atoms with E-state index in [-0.39, 0.29) is 12.0 Å². The standard InChI is InChI=1S/C19H27N3O2/c23-17-9-5-11-22(14-17)19-16(8-4-10-20-19)13-21-18(24)12-15-6-2-1-3-7-15/h4,6,8,10,17,23H,1-3,5,7,9,11-14H2,(H,21,24). The molecule has 0 spiro atoms. The van der Waals surface area contributed by atoms with Gasteiger partial charge in [-0.05, 0) is 44.6 Å². The van der Waals surface area contributed by atoms with E-state index >= 15 is 0 Å². The van der Waals surface area contributed by atoms with Crippen LogP contribution in [0.2, 0.25) is 0 Å². The third-order valence-electron chi connectivity index (χ3n) is 4.81. The van der Waals surface area contributed by atoms with Crippen molar-refractivity contribution in [3.05, 3.63) is 35.5 Å². The number of β-amino-alcohol motifs (C(OH)–C–C–N with tert-alkyl or cyclic N) is 1. The summed E-state index contributed by atoms with van der Waals surface area (Å²) >= 11 is 0. The molecule has 1 aromatic heterocycles. The summed E-state index contributed by atoms with van der Waals surface area (Å²) in [6, 6.07) is 3.90. The normalized spacial score (nSPS) is 21.3. The Bertz CT molecular complexity index is 600. The molecule has 3 rings (SSSR count). The van der Waals surface area contributed by atoms with Crippen LogP contribution in [0.4, 0.5) is 5.82 Å². The van der Waals surface area contributed by atoms with E-state index in [2.05, 4.69) is 21.3 Å². The lowest BCUT2D eigenvalue weighted by molar-refractivity contribution is -0.120. The van der Waals surface area contributed by atoms with E-state index in [0.29, 0.717) is 19.5 Å². The summed E-state index contributed by atoms with van der Waals surface area (Å²) in [5, 5.41) is 12.9. The van der Waals surface area contributed by atoms with Gasteiger partial charge >= 0.3 is 0 Å². The zero-order chi connectivity index (χ0) is 16.8. The van der Waals surface area contributed by atoms with Crippen LogP contribution >= 0.6 is 0 Å². The molecule has 0 radical (unpaired) electrons. The first-order chi connectivity index (χ1) is 11.7. The van der Waals surface area contributed by atoms with Crippen molar-refractivity contribution in [2.45, 2.75) is 57.6 Å². The highest BCUT2D eigenvalue weighted by Gasteiger charge is 2.21. The summed E-state index contributed by atoms with van der Waals surface area (Å²) < 4.78 is 0. The number of carbonyl (C=O) groups is 1. The van der Waals surface area contributed by atoms with Crippen LogP contribution in [0.15, 0.2) is 30.0 Å². The summed E-state index contributed by atoms with van der Waals surface area (Å²) in [4.78, 5) is 18.8. The predicted octanol–water partition coefficient (Wildman–Crippen LogP) is 2.55. The molecule has 1 aromatic rings. The monoisotopic (exact) mass is 329 g/mol. The number of nitrogens with one attached hydrogen (secondary N) is 1. The molecule has 2 aliphatic rings. The van der Waals surface area contributed by atoms with Crippen LogP contribution in [-0.4, -0.2) is 35.2 Å². The molecule has 130 valence electrons. The Morgan fingerprint density at radius 2 is 2.29 bits per heavy atom. The van der Waals surface area contributed by atoms with Gasteiger partial charge in [0.05, 0.1) is 6.10 Å². The van der Waals surface area contributed by atoms with Crippen molar-refractivity contribution in [3.63, 3.8) is 0 Å². The lowest BCUT2D eigenvalue weighted by atomic mass is 9.97. The third-order valence-corrected chi connectivity index (χ3v) is 4.81. The number of aliphatic hydroxyl groups is 1. The average molecular weight is 329 g/mol. The van der Waals surface area contributed by atoms with Crippen LogP contribution in [-0.2, 0) is 11.3 Å². The van der Waals surface area contributed by atoms with Gasteiger partial charge in [0.25, 0.3) is 0 Å². The maximum absolute atomic E-state index is 12.2. The molecule has 1 saturated heterocycles. The van der Waals surface area contributed by atoms with Gasteiger partial charge in [0.1, 0.15) is 5.82 Å². The van der Waals surface area contributed by atoms with E-state index in [0.717, 1.165) is 43.6 Å². The van der Waals surface area contributed by atoms with Crippen molar-refractivity contribution < 1.29 is 9.90 Å². The number of nitrogens with zero attached hydrogens (tertiary/aromatic N) is 2. The molecule has 1 amide bonds. The van der Waals surface area contributed by atoms with Crippen LogP contribution in [0.1, 0.15) is 50.5 Å². The highest BCUT2D eigenvalue weighted by molar-refractivity contribution is 5.78. The summed E-state index contributed by atoms with van der Waals surface area (Å²) in [6.45, 7) is 2.01. The van der Waals surface area contributed by atoms with Crippen molar-refractivity contribution in [2.24, 2.45) is 0 Å². The van der Waals surface area contributed by atoms with E-state index in [1.54, 1.807) is 6.20 Å². The van der Waals surface area contributed by atoms with Crippen molar-refractivity contribution in [1.82, 2.24) is 10.3 Å². The van der Waals surface area contributed by atoms with Gasteiger partial charge in [0.2, 0.25) is 5.91 Å². The Hall–Kier alpha value is -1.88. The van der Waals surface area contributed by atoms with E-state index < -0.39 is 0 Å². The van der Waals surface area contributed by atoms with Crippen LogP contribution < -0.4 is 10.2 Å². The van der Waals surface area contributed by atoms with Gasteiger partial charge in [-0.25, -0.2) is 4.98 Å². The van der Waals surface area contributed by atoms with Crippen LogP contribution in [0.5, 0.6) is 0 Å². The summed E-state index contributed by atoms with van der Waals surface area (Å²) in [5.41, 5.74) is 2.28. The quantitative estimate of drug-likeness (QED) is 0.815. The molecule has 0 aromatic carbocycles. The van der Waals surface area contributed by atoms with Crippen LogP contribution in [0.25, 0.3) is 0 Å². The SMILES string of the molecule is O=C(CC1=CCCCC1)NCc1cccnc1N1CCCC(O)C1. The van der Waals surface area contributed by atoms with E-state index in [1.807, 2.05) is 12.1 Å². The molecule has 1 unspecified atom stereocenters. The largest absolute Gasteiger partial charge is 0.391 e. The summed E-state index contributed by atoms with van der Waals surface area (Å²) in [5.74, 6) is 0.963. The van der Waals surface area contributed by atoms with E-state index in [1.165, 1.54) is 18.4 Å². The first-order valence-corrected chi connectivity index (χ1v) is 9.04. The predicted molar refractivity (Wildman–Crippen MR) is 94.7 cm³/mol. The molecule has 1 fully saturated rings. The number of piperidine rings is 1. The number of aliphatic hydroxyl groups excluding tert-OH is 1. The number of amides is 1. The van der Waals surface area contributed by atoms with Crippen LogP contribution in [0.3, 0.4) is 0 Å². The topological polar surface area (TPSA) is 65.5 Å². The van der Waals surface area contributed by atoms with Gasteiger partial charge in [-0.15, -0.1) is 0 Å². The minimum atomic E-state index is -0.290. The highest BCUT2D eigenvalue weighted by Crippen LogP contribution is 2.22. The van der Waals surface area contributed by atoms with E-state index in [4.69, 9.17) is 0 Å². The van der Waals surface area contributed by atoms with Crippen molar-refractivity contribution >= 4 is 11.7 Å². The summed E-state index contributed by atoms with van der Waals surface area (Å²) in [6.07, 6.45) is 10.6. The molecule has 1 atom stereocenters. The second kappa shape index (κ2) is 8.29. The Kier molecular flexibility index (Phi) is 5.86. The zero-order valence-corrected chi connectivity index (χ0v) is 14.2. The Morgan fingerprint density at radius 1 is 1.38 bits per heavy atom. The van der Waals surface area contributed by atoms with Crippen molar-refractivity contribution in [2.75, 3.05) is 18.0 Å². The molecule has 2 N–H and O–H groups in total. The maximum Gasteiger partial charge on any atom is 0.224 e. The second-order valence-corrected chi connectivity index (χ2v) is 6.79. The number of aromatic nitrogens is 1. The van der Waals surface area contributed by atoms with E-state index in [9.17, 15) is 9.90 Å². The van der Waals surface area contributed by atoms with Crippen molar-refractivity contribution in [1.29, 1.82) is 0 Å². The summed E-state index contributed by atoms with van der Waals surface area (Å²) in [7, 11) is 0. The zero-order valence-electron chi connectivity index (χ0n) is 14.2. The molecule has 24 heavy (non-hydrogen) atoms. The number of carbonyl (C=O) groups excluding carboxylic acids is 1. The first kappa shape index (κ1) is 17.0. The molecule has 1 aliphatic heterocycles. The molecular weight excluding hydrogens is 302 g/mol. The van der Waals surface area contributed by atoms with Crippen molar-refractivity contribution in [3.8, 4) is 0 Å². The molecule has 2 heterocycles. The molecule has 0 saturated carbocycles. The average Bonchev–Trinajstić information content (AvgIpc) is 2.61. The minimum absolute atomic E-state index is 0.0802. The number of anilines is 1. The number of rotatable bonds is 5. The number of hydrogen-bond acceptors (Lipinski definition) is 4. The molecule has 1 aliphatic carbocycles. The number of hydrogen-bond donors (Lipinski definition) is 2. The minimum Gasteiger partial charge on any atom is -0.391 e. The van der Waals surface area contributed by atoms with Gasteiger partial charge < -0.3 is 15.3 Å². The molecular formula is C19H27N3O2. The number of pyridine rings is 1. The second-order valence-electron chi connectivity index (χ2n) is 6.79. The fourth-order valence-corrected chi connectivity index (χ4v) is 3.53. The van der Waals surface area contributed by atoms with Crippen LogP contribution in [0, 0.1) is 0 Å². The molecule has 5 heteroatoms. The Labute approximate surface area is 143 Å². The lowest BCUT2D eigenvalue weighted by Crippen LogP contribution is -2.39. The molecule has 5 nitrogen and oxygen atoms in total. The fraction of sp³-hybridized carbons (Fsp3) is 0.579. The first-order valence-electron chi connectivity index (χ1n) is 9.04. The number of allylic oxidation sites excluding steroid dienone is 1. The Morgan fingerprint density at radius 3 is 3.08 bits per heavy atom.